The van der Waals surface area contributed by atoms with E-state index in [-0.39, 0.29) is 17.1 Å². The van der Waals surface area contributed by atoms with Crippen LogP contribution in [0.3, 0.4) is 0 Å². The van der Waals surface area contributed by atoms with E-state index in [1.54, 1.807) is 0 Å². The summed E-state index contributed by atoms with van der Waals surface area (Å²) in [5, 5.41) is 10.8. The fourth-order valence-electron chi connectivity index (χ4n) is 0.975. The van der Waals surface area contributed by atoms with Crippen molar-refractivity contribution in [1.29, 1.82) is 0 Å². The Balaban J connectivity index is 2.62. The Morgan fingerprint density at radius 3 is 3.00 bits per heavy atom. The molecule has 1 aromatic carbocycles. The highest BCUT2D eigenvalue weighted by Crippen LogP contribution is 2.43. The molecule has 1 aromatic rings. The van der Waals surface area contributed by atoms with Crippen molar-refractivity contribution in [3.63, 3.8) is 0 Å². The first-order valence-electron chi connectivity index (χ1n) is 3.26. The maximum absolute atomic E-state index is 10.5. The van der Waals surface area contributed by atoms with Crippen LogP contribution in [0.15, 0.2) is 12.1 Å². The second kappa shape index (κ2) is 2.75. The molecular formula is C6H3ClN2O4. The van der Waals surface area contributed by atoms with Crippen molar-refractivity contribution in [2.45, 2.75) is 0 Å². The van der Waals surface area contributed by atoms with Crippen molar-refractivity contribution in [1.82, 2.24) is 0 Å². The van der Waals surface area contributed by atoms with Gasteiger partial charge in [-0.15, -0.1) is 0 Å². The third-order valence-electron chi connectivity index (χ3n) is 1.55. The summed E-state index contributed by atoms with van der Waals surface area (Å²) in [6, 6.07) is 2.64. The van der Waals surface area contributed by atoms with Crippen molar-refractivity contribution < 1.29 is 14.8 Å². The van der Waals surface area contributed by atoms with Gasteiger partial charge in [0.25, 0.3) is 5.75 Å². The van der Waals surface area contributed by atoms with E-state index in [4.69, 9.17) is 11.6 Å². The molecule has 2 rings (SSSR count). The van der Waals surface area contributed by atoms with Crippen molar-refractivity contribution in [2.24, 2.45) is 0 Å². The lowest BCUT2D eigenvalue weighted by atomic mass is 10.2. The number of halogens is 1. The zero-order valence-electron chi connectivity index (χ0n) is 6.11. The summed E-state index contributed by atoms with van der Waals surface area (Å²) in [5.74, 6) is -0.00231. The monoisotopic (exact) mass is 202 g/mol. The van der Waals surface area contributed by atoms with Gasteiger partial charge in [-0.1, -0.05) is 16.6 Å². The van der Waals surface area contributed by atoms with Crippen molar-refractivity contribution in [3.8, 4) is 5.75 Å². The van der Waals surface area contributed by atoms with E-state index in [0.717, 1.165) is 0 Å². The molecule has 0 saturated heterocycles. The van der Waals surface area contributed by atoms with E-state index in [9.17, 15) is 10.1 Å². The number of benzene rings is 1. The predicted molar refractivity (Wildman–Crippen MR) is 43.4 cm³/mol. The molecule has 0 spiro atoms. The number of fused-ring (bicyclic) bond motifs is 1. The van der Waals surface area contributed by atoms with Crippen LogP contribution in [-0.4, -0.2) is 4.92 Å². The number of hydrogen-bond acceptors (Lipinski definition) is 5. The summed E-state index contributed by atoms with van der Waals surface area (Å²) in [4.78, 5) is 18.8. The van der Waals surface area contributed by atoms with Crippen LogP contribution < -0.4 is 10.4 Å². The largest absolute Gasteiger partial charge is 0.317 e. The first-order valence-corrected chi connectivity index (χ1v) is 3.64. The minimum Gasteiger partial charge on any atom is -0.305 e. The van der Waals surface area contributed by atoms with Crippen LogP contribution in [0.25, 0.3) is 0 Å². The molecule has 68 valence electrons. The standard InChI is InChI=1S/C6H3ClN2O4/c7-3-1-2-4(9(10)11)6-5(3)8-13-12-6/h1-2,8H. The Morgan fingerprint density at radius 2 is 2.31 bits per heavy atom. The van der Waals surface area contributed by atoms with Crippen LogP contribution in [0, 0.1) is 10.1 Å². The van der Waals surface area contributed by atoms with Crippen LogP contribution in [0.1, 0.15) is 0 Å². The second-order valence-electron chi connectivity index (χ2n) is 2.30. The highest BCUT2D eigenvalue weighted by atomic mass is 35.5. The molecule has 0 unspecified atom stereocenters. The van der Waals surface area contributed by atoms with Crippen LogP contribution >= 0.6 is 11.6 Å². The molecule has 0 aromatic heterocycles. The van der Waals surface area contributed by atoms with E-state index in [1.165, 1.54) is 12.1 Å². The summed E-state index contributed by atoms with van der Waals surface area (Å²) < 4.78 is 0. The lowest BCUT2D eigenvalue weighted by molar-refractivity contribution is -0.387. The maximum atomic E-state index is 10.5. The molecule has 6 nitrogen and oxygen atoms in total. The molecule has 0 bridgehead atoms. The molecule has 0 amide bonds. The van der Waals surface area contributed by atoms with Gasteiger partial charge in [-0.3, -0.25) is 10.1 Å². The third-order valence-corrected chi connectivity index (χ3v) is 1.87. The minimum absolute atomic E-state index is 0.00231. The van der Waals surface area contributed by atoms with E-state index in [1.807, 2.05) is 0 Å². The Kier molecular flexibility index (Phi) is 1.71. The molecule has 0 atom stereocenters. The van der Waals surface area contributed by atoms with E-state index in [2.05, 4.69) is 15.4 Å². The maximum Gasteiger partial charge on any atom is 0.317 e. The lowest BCUT2D eigenvalue weighted by Crippen LogP contribution is -1.92. The molecule has 0 fully saturated rings. The second-order valence-corrected chi connectivity index (χ2v) is 2.70. The van der Waals surface area contributed by atoms with Gasteiger partial charge in [0.1, 0.15) is 5.69 Å². The summed E-state index contributed by atoms with van der Waals surface area (Å²) >= 11 is 5.70. The first kappa shape index (κ1) is 8.09. The topological polar surface area (TPSA) is 73.6 Å². The molecule has 13 heavy (non-hydrogen) atoms. The number of nitro groups is 1. The highest BCUT2D eigenvalue weighted by molar-refractivity contribution is 6.33. The molecule has 1 aliphatic rings. The van der Waals surface area contributed by atoms with E-state index < -0.39 is 4.92 Å². The highest BCUT2D eigenvalue weighted by Gasteiger charge is 2.27. The van der Waals surface area contributed by atoms with E-state index >= 15 is 0 Å². The molecule has 0 saturated carbocycles. The average molecular weight is 203 g/mol. The quantitative estimate of drug-likeness (QED) is 0.428. The Labute approximate surface area is 77.0 Å². The zero-order valence-corrected chi connectivity index (χ0v) is 6.87. The van der Waals surface area contributed by atoms with Crippen LogP contribution in [0.4, 0.5) is 11.4 Å². The van der Waals surface area contributed by atoms with Crippen molar-refractivity contribution in [2.75, 3.05) is 5.48 Å². The fraction of sp³-hybridized carbons (Fsp3) is 0. The summed E-state index contributed by atoms with van der Waals surface area (Å²) in [5.41, 5.74) is 2.39. The molecular weight excluding hydrogens is 200 g/mol. The van der Waals surface area contributed by atoms with Gasteiger partial charge in [0.05, 0.1) is 9.95 Å². The lowest BCUT2D eigenvalue weighted by Gasteiger charge is -1.96. The van der Waals surface area contributed by atoms with Gasteiger partial charge >= 0.3 is 5.69 Å². The Hall–Kier alpha value is -1.53. The van der Waals surface area contributed by atoms with Gasteiger partial charge in [-0.25, -0.2) is 5.48 Å². The molecule has 0 radical (unpaired) electrons. The first-order chi connectivity index (χ1) is 6.20. The Morgan fingerprint density at radius 1 is 1.54 bits per heavy atom. The smallest absolute Gasteiger partial charge is 0.305 e. The molecule has 1 aliphatic heterocycles. The van der Waals surface area contributed by atoms with Crippen molar-refractivity contribution in [3.05, 3.63) is 27.3 Å². The number of nitrogens with one attached hydrogen (secondary N) is 1. The number of hydrogen-bond donors (Lipinski definition) is 1. The zero-order chi connectivity index (χ0) is 9.42. The fourth-order valence-corrected chi connectivity index (χ4v) is 1.16. The van der Waals surface area contributed by atoms with Crippen molar-refractivity contribution >= 4 is 23.0 Å². The predicted octanol–water partition coefficient (Wildman–Crippen LogP) is 1.90. The van der Waals surface area contributed by atoms with Gasteiger partial charge in [0, 0.05) is 6.07 Å². The van der Waals surface area contributed by atoms with E-state index in [0.29, 0.717) is 5.02 Å². The summed E-state index contributed by atoms with van der Waals surface area (Å²) in [6.45, 7) is 0. The molecule has 7 heteroatoms. The summed E-state index contributed by atoms with van der Waals surface area (Å²) in [7, 11) is 0. The number of nitro benzene ring substituents is 1. The number of anilines is 1. The van der Waals surface area contributed by atoms with Crippen LogP contribution in [0.5, 0.6) is 5.75 Å². The van der Waals surface area contributed by atoms with Gasteiger partial charge in [-0.2, -0.15) is 0 Å². The minimum atomic E-state index is -0.578. The molecule has 1 N–H and O–H groups in total. The average Bonchev–Trinajstić information content (AvgIpc) is 2.53. The van der Waals surface area contributed by atoms with Gasteiger partial charge in [0.2, 0.25) is 0 Å². The van der Waals surface area contributed by atoms with Gasteiger partial charge in [0.15, 0.2) is 0 Å². The summed E-state index contributed by atoms with van der Waals surface area (Å²) in [6.07, 6.45) is 0. The van der Waals surface area contributed by atoms with Gasteiger partial charge < -0.3 is 4.89 Å². The SMILES string of the molecule is O=[N+]([O-])c1ccc(Cl)c2c1OON2. The molecule has 0 aliphatic carbocycles. The van der Waals surface area contributed by atoms with Crippen LogP contribution in [-0.2, 0) is 4.99 Å². The normalized spacial score (nSPS) is 13.0. The van der Waals surface area contributed by atoms with Gasteiger partial charge in [-0.05, 0) is 6.07 Å². The number of nitrogens with zero attached hydrogens (tertiary/aromatic N) is 1. The Bertz CT molecular complexity index is 381. The molecule has 1 heterocycles. The third kappa shape index (κ3) is 1.16. The number of rotatable bonds is 1. The van der Waals surface area contributed by atoms with Crippen LogP contribution in [0.2, 0.25) is 5.02 Å².